The second-order valence-corrected chi connectivity index (χ2v) is 4.48. The Morgan fingerprint density at radius 1 is 1.33 bits per heavy atom. The quantitative estimate of drug-likeness (QED) is 0.630. The molecule has 12 heavy (non-hydrogen) atoms. The molecule has 3 atom stereocenters. The molecule has 0 spiro atoms. The van der Waals surface area contributed by atoms with E-state index in [9.17, 15) is 0 Å². The highest BCUT2D eigenvalue weighted by Gasteiger charge is 2.38. The highest BCUT2D eigenvalue weighted by Crippen LogP contribution is 2.35. The Morgan fingerprint density at radius 2 is 2.08 bits per heavy atom. The van der Waals surface area contributed by atoms with Gasteiger partial charge >= 0.3 is 0 Å². The third-order valence-electron chi connectivity index (χ3n) is 3.16. The minimum Gasteiger partial charge on any atom is -0.313 e. The summed E-state index contributed by atoms with van der Waals surface area (Å²) in [6, 6.07) is 1.62. The van der Waals surface area contributed by atoms with Gasteiger partial charge in [0, 0.05) is 18.6 Å². The van der Waals surface area contributed by atoms with Crippen LogP contribution in [0.5, 0.6) is 0 Å². The Labute approximate surface area is 75.3 Å². The van der Waals surface area contributed by atoms with Crippen molar-refractivity contribution in [1.29, 1.82) is 0 Å². The lowest BCUT2D eigenvalue weighted by atomic mass is 10.3. The van der Waals surface area contributed by atoms with Gasteiger partial charge in [-0.3, -0.25) is 4.90 Å². The lowest BCUT2D eigenvalue weighted by Crippen LogP contribution is -2.36. The first-order valence-corrected chi connectivity index (χ1v) is 5.25. The van der Waals surface area contributed by atoms with Gasteiger partial charge in [-0.1, -0.05) is 6.92 Å². The molecule has 2 nitrogen and oxygen atoms in total. The highest BCUT2D eigenvalue weighted by atomic mass is 15.2. The maximum Gasteiger partial charge on any atom is 0.0166 e. The van der Waals surface area contributed by atoms with Gasteiger partial charge in [0.1, 0.15) is 0 Å². The van der Waals surface area contributed by atoms with Crippen molar-refractivity contribution in [2.24, 2.45) is 5.92 Å². The number of hydrogen-bond donors (Lipinski definition) is 1. The van der Waals surface area contributed by atoms with Gasteiger partial charge in [0.15, 0.2) is 0 Å². The van der Waals surface area contributed by atoms with E-state index in [1.54, 1.807) is 0 Å². The Bertz CT molecular complexity index is 158. The van der Waals surface area contributed by atoms with Crippen LogP contribution in [0.1, 0.15) is 26.7 Å². The first kappa shape index (κ1) is 8.52. The molecular weight excluding hydrogens is 148 g/mol. The third-order valence-corrected chi connectivity index (χ3v) is 3.16. The summed E-state index contributed by atoms with van der Waals surface area (Å²) in [5.41, 5.74) is 0. The van der Waals surface area contributed by atoms with Crippen LogP contribution < -0.4 is 5.32 Å². The van der Waals surface area contributed by atoms with Crippen LogP contribution in [0.2, 0.25) is 0 Å². The van der Waals surface area contributed by atoms with E-state index in [0.29, 0.717) is 6.04 Å². The zero-order chi connectivity index (χ0) is 8.55. The van der Waals surface area contributed by atoms with Crippen LogP contribution in [-0.4, -0.2) is 36.6 Å². The molecule has 3 unspecified atom stereocenters. The molecule has 2 fully saturated rings. The van der Waals surface area contributed by atoms with Crippen LogP contribution in [0.3, 0.4) is 0 Å². The molecule has 2 rings (SSSR count). The monoisotopic (exact) mass is 168 g/mol. The van der Waals surface area contributed by atoms with Crippen molar-refractivity contribution in [3.63, 3.8) is 0 Å². The van der Waals surface area contributed by atoms with Crippen molar-refractivity contribution in [2.45, 2.75) is 38.8 Å². The van der Waals surface area contributed by atoms with Crippen molar-refractivity contribution >= 4 is 0 Å². The molecule has 2 aliphatic rings. The highest BCUT2D eigenvalue weighted by molar-refractivity contribution is 4.93. The van der Waals surface area contributed by atoms with Gasteiger partial charge in [-0.25, -0.2) is 0 Å². The molecule has 1 saturated carbocycles. The second-order valence-electron chi connectivity index (χ2n) is 4.48. The topological polar surface area (TPSA) is 15.3 Å². The standard InChI is InChI=1S/C10H20N2/c1-8-6-10(8)12-5-3-4-11-9(2)7-12/h8-11H,3-7H2,1-2H3. The van der Waals surface area contributed by atoms with Gasteiger partial charge in [0.2, 0.25) is 0 Å². The summed E-state index contributed by atoms with van der Waals surface area (Å²) in [5.74, 6) is 0.968. The largest absolute Gasteiger partial charge is 0.313 e. The van der Waals surface area contributed by atoms with Crippen LogP contribution in [0.4, 0.5) is 0 Å². The molecule has 0 aromatic rings. The average Bonchev–Trinajstić information content (AvgIpc) is 2.75. The van der Waals surface area contributed by atoms with E-state index in [1.807, 2.05) is 0 Å². The van der Waals surface area contributed by atoms with E-state index < -0.39 is 0 Å². The predicted octanol–water partition coefficient (Wildman–Crippen LogP) is 1.08. The second kappa shape index (κ2) is 3.35. The molecule has 0 bridgehead atoms. The molecule has 1 heterocycles. The van der Waals surface area contributed by atoms with Gasteiger partial charge in [-0.05, 0) is 38.8 Å². The van der Waals surface area contributed by atoms with E-state index in [1.165, 1.54) is 32.5 Å². The van der Waals surface area contributed by atoms with Gasteiger partial charge in [-0.15, -0.1) is 0 Å². The first-order valence-electron chi connectivity index (χ1n) is 5.25. The zero-order valence-corrected chi connectivity index (χ0v) is 8.21. The SMILES string of the molecule is CC1CN(C2CC2C)CCCN1. The lowest BCUT2D eigenvalue weighted by Gasteiger charge is -2.22. The fourth-order valence-electron chi connectivity index (χ4n) is 2.25. The Morgan fingerprint density at radius 3 is 2.75 bits per heavy atom. The lowest BCUT2D eigenvalue weighted by molar-refractivity contribution is 0.253. The number of hydrogen-bond acceptors (Lipinski definition) is 2. The number of rotatable bonds is 1. The fraction of sp³-hybridized carbons (Fsp3) is 1.00. The smallest absolute Gasteiger partial charge is 0.0166 e. The maximum atomic E-state index is 3.53. The first-order chi connectivity index (χ1) is 5.77. The van der Waals surface area contributed by atoms with Crippen LogP contribution in [0.15, 0.2) is 0 Å². The molecule has 1 N–H and O–H groups in total. The van der Waals surface area contributed by atoms with Gasteiger partial charge in [-0.2, -0.15) is 0 Å². The molecule has 2 heteroatoms. The third kappa shape index (κ3) is 1.80. The molecule has 0 radical (unpaired) electrons. The molecule has 1 saturated heterocycles. The summed E-state index contributed by atoms with van der Waals surface area (Å²) in [5, 5.41) is 3.53. The van der Waals surface area contributed by atoms with Crippen LogP contribution in [0.25, 0.3) is 0 Å². The molecule has 0 amide bonds. The molecule has 1 aliphatic heterocycles. The number of nitrogens with one attached hydrogen (secondary N) is 1. The summed E-state index contributed by atoms with van der Waals surface area (Å²) in [6.45, 7) is 8.44. The molecular formula is C10H20N2. The zero-order valence-electron chi connectivity index (χ0n) is 8.21. The molecule has 1 aliphatic carbocycles. The average molecular weight is 168 g/mol. The summed E-state index contributed by atoms with van der Waals surface area (Å²) >= 11 is 0. The summed E-state index contributed by atoms with van der Waals surface area (Å²) in [6.07, 6.45) is 2.76. The van der Waals surface area contributed by atoms with E-state index >= 15 is 0 Å². The van der Waals surface area contributed by atoms with Crippen LogP contribution in [0, 0.1) is 5.92 Å². The van der Waals surface area contributed by atoms with Gasteiger partial charge in [0.25, 0.3) is 0 Å². The predicted molar refractivity (Wildman–Crippen MR) is 51.2 cm³/mol. The fourth-order valence-corrected chi connectivity index (χ4v) is 2.25. The Kier molecular flexibility index (Phi) is 2.37. The van der Waals surface area contributed by atoms with Crippen molar-refractivity contribution in [2.75, 3.05) is 19.6 Å². The number of nitrogens with zero attached hydrogens (tertiary/aromatic N) is 1. The summed E-state index contributed by atoms with van der Waals surface area (Å²) < 4.78 is 0. The maximum absolute atomic E-state index is 3.53. The minimum absolute atomic E-state index is 0.695. The molecule has 0 aromatic carbocycles. The summed E-state index contributed by atoms with van der Waals surface area (Å²) in [4.78, 5) is 2.68. The van der Waals surface area contributed by atoms with Crippen LogP contribution >= 0.6 is 0 Å². The van der Waals surface area contributed by atoms with E-state index in [2.05, 4.69) is 24.1 Å². The van der Waals surface area contributed by atoms with E-state index in [-0.39, 0.29) is 0 Å². The van der Waals surface area contributed by atoms with Gasteiger partial charge < -0.3 is 5.32 Å². The summed E-state index contributed by atoms with van der Waals surface area (Å²) in [7, 11) is 0. The van der Waals surface area contributed by atoms with Crippen molar-refractivity contribution in [3.05, 3.63) is 0 Å². The van der Waals surface area contributed by atoms with E-state index in [4.69, 9.17) is 0 Å². The Balaban J connectivity index is 1.87. The Hall–Kier alpha value is -0.0800. The normalized spacial score (nSPS) is 44.0. The van der Waals surface area contributed by atoms with Crippen molar-refractivity contribution < 1.29 is 0 Å². The van der Waals surface area contributed by atoms with Crippen LogP contribution in [-0.2, 0) is 0 Å². The van der Waals surface area contributed by atoms with Crippen molar-refractivity contribution in [3.8, 4) is 0 Å². The van der Waals surface area contributed by atoms with E-state index in [0.717, 1.165) is 12.0 Å². The molecule has 0 aromatic heterocycles. The van der Waals surface area contributed by atoms with Crippen molar-refractivity contribution in [1.82, 2.24) is 10.2 Å². The van der Waals surface area contributed by atoms with Gasteiger partial charge in [0.05, 0.1) is 0 Å². The minimum atomic E-state index is 0.695. The molecule has 70 valence electrons.